The minimum absolute atomic E-state index is 0.147. The third kappa shape index (κ3) is 7.29. The fraction of sp³-hybridized carbons (Fsp3) is 0.552. The average molecular weight is 568 g/mol. The highest BCUT2D eigenvalue weighted by Gasteiger charge is 2.49. The summed E-state index contributed by atoms with van der Waals surface area (Å²) >= 11 is 4.69. The standard InChI is InChI=1S/C29H39ClFNO5S/c1-6-28(7-2,26(33)35-20-21-11-9-8-10-12-21)25(32-38(34)27(3,4)5)13-14-29(36-15-16-37-29)22-17-23(30)19-24(31)18-22/h8-12,17-19,25,32H,6-7,13-16,20H2,1-5H3/t25-,38?/m1/s1. The van der Waals surface area contributed by atoms with E-state index in [-0.39, 0.29) is 17.6 Å². The van der Waals surface area contributed by atoms with Gasteiger partial charge in [-0.15, -0.1) is 4.72 Å². The van der Waals surface area contributed by atoms with Crippen LogP contribution in [0.15, 0.2) is 48.5 Å². The lowest BCUT2D eigenvalue weighted by Gasteiger charge is -2.40. The first-order chi connectivity index (χ1) is 18.0. The lowest BCUT2D eigenvalue weighted by Crippen LogP contribution is -2.55. The molecule has 0 radical (unpaired) electrons. The second-order valence-corrected chi connectivity index (χ2v) is 13.1. The van der Waals surface area contributed by atoms with Gasteiger partial charge in [0.15, 0.2) is 5.79 Å². The van der Waals surface area contributed by atoms with Crippen molar-refractivity contribution in [1.82, 2.24) is 4.72 Å². The topological polar surface area (TPSA) is 79.9 Å². The van der Waals surface area contributed by atoms with Gasteiger partial charge in [-0.05, 0) is 63.8 Å². The highest BCUT2D eigenvalue weighted by atomic mass is 35.5. The molecule has 0 amide bonds. The highest BCUT2D eigenvalue weighted by Crippen LogP contribution is 2.42. The van der Waals surface area contributed by atoms with Gasteiger partial charge in [0.25, 0.3) is 0 Å². The fourth-order valence-corrected chi connectivity index (χ4v) is 5.99. The van der Waals surface area contributed by atoms with Gasteiger partial charge in [0, 0.05) is 28.4 Å². The summed E-state index contributed by atoms with van der Waals surface area (Å²) in [6.45, 7) is 10.3. The van der Waals surface area contributed by atoms with Crippen LogP contribution in [0.4, 0.5) is 4.39 Å². The van der Waals surface area contributed by atoms with Gasteiger partial charge in [0.2, 0.25) is 0 Å². The number of halogens is 2. The van der Waals surface area contributed by atoms with E-state index in [1.165, 1.54) is 12.1 Å². The fourth-order valence-electron chi connectivity index (χ4n) is 4.81. The second-order valence-electron chi connectivity index (χ2n) is 10.6. The monoisotopic (exact) mass is 567 g/mol. The summed E-state index contributed by atoms with van der Waals surface area (Å²) in [4.78, 5) is 13.7. The van der Waals surface area contributed by atoms with Crippen molar-refractivity contribution >= 4 is 28.9 Å². The molecule has 0 bridgehead atoms. The molecule has 2 aromatic rings. The predicted molar refractivity (Wildman–Crippen MR) is 148 cm³/mol. The highest BCUT2D eigenvalue weighted by molar-refractivity contribution is 7.90. The van der Waals surface area contributed by atoms with Crippen LogP contribution in [0.1, 0.15) is 71.4 Å². The number of carbonyl (C=O) groups is 1. The number of ether oxygens (including phenoxy) is 3. The molecule has 0 aromatic heterocycles. The summed E-state index contributed by atoms with van der Waals surface area (Å²) in [6, 6.07) is 13.2. The molecular formula is C29H39ClFNO5S. The van der Waals surface area contributed by atoms with Crippen LogP contribution in [0, 0.1) is 11.2 Å². The van der Waals surface area contributed by atoms with Gasteiger partial charge in [-0.25, -0.2) is 4.39 Å². The lowest BCUT2D eigenvalue weighted by molar-refractivity contribution is -0.176. The van der Waals surface area contributed by atoms with E-state index in [0.29, 0.717) is 44.5 Å². The Morgan fingerprint density at radius 3 is 2.34 bits per heavy atom. The molecular weight excluding hydrogens is 529 g/mol. The smallest absolute Gasteiger partial charge is 0.314 e. The molecule has 0 saturated carbocycles. The van der Waals surface area contributed by atoms with E-state index in [1.54, 1.807) is 6.07 Å². The van der Waals surface area contributed by atoms with Crippen LogP contribution < -0.4 is 4.72 Å². The van der Waals surface area contributed by atoms with Gasteiger partial charge in [0.1, 0.15) is 17.2 Å². The first-order valence-electron chi connectivity index (χ1n) is 13.1. The summed E-state index contributed by atoms with van der Waals surface area (Å²) < 4.78 is 48.2. The Morgan fingerprint density at radius 2 is 1.79 bits per heavy atom. The summed E-state index contributed by atoms with van der Waals surface area (Å²) in [5.74, 6) is -2.07. The van der Waals surface area contributed by atoms with E-state index >= 15 is 0 Å². The Bertz CT molecular complexity index is 1030. The van der Waals surface area contributed by atoms with Gasteiger partial charge < -0.3 is 18.8 Å². The van der Waals surface area contributed by atoms with Crippen LogP contribution in [0.3, 0.4) is 0 Å². The van der Waals surface area contributed by atoms with Crippen molar-refractivity contribution in [3.8, 4) is 0 Å². The summed E-state index contributed by atoms with van der Waals surface area (Å²) in [7, 11) is 0. The van der Waals surface area contributed by atoms with E-state index in [2.05, 4.69) is 4.72 Å². The van der Waals surface area contributed by atoms with Crippen molar-refractivity contribution in [1.29, 1.82) is 0 Å². The predicted octanol–water partition coefficient (Wildman–Crippen LogP) is 6.43. The molecule has 1 aliphatic rings. The normalized spacial score (nSPS) is 17.3. The molecule has 0 aliphatic carbocycles. The molecule has 1 heterocycles. The van der Waals surface area contributed by atoms with Crippen LogP contribution in [0.2, 0.25) is 5.02 Å². The van der Waals surface area contributed by atoms with E-state index < -0.39 is 39.2 Å². The Morgan fingerprint density at radius 1 is 1.16 bits per heavy atom. The molecule has 2 aromatic carbocycles. The third-order valence-corrected chi connectivity index (χ3v) is 9.00. The molecule has 1 N–H and O–H groups in total. The summed E-state index contributed by atoms with van der Waals surface area (Å²) in [5, 5.41) is 0.239. The van der Waals surface area contributed by atoms with E-state index in [9.17, 15) is 13.7 Å². The van der Waals surface area contributed by atoms with Gasteiger partial charge in [-0.3, -0.25) is 4.79 Å². The van der Waals surface area contributed by atoms with Gasteiger partial charge in [0.05, 0.1) is 24.7 Å². The van der Waals surface area contributed by atoms with Crippen LogP contribution in [0.25, 0.3) is 0 Å². The van der Waals surface area contributed by atoms with Crippen LogP contribution in [-0.2, 0) is 42.8 Å². The Labute approximate surface area is 233 Å². The first-order valence-corrected chi connectivity index (χ1v) is 14.6. The summed E-state index contributed by atoms with van der Waals surface area (Å²) in [6.07, 6.45) is 1.59. The molecule has 1 aliphatic heterocycles. The molecule has 1 unspecified atom stereocenters. The van der Waals surface area contributed by atoms with Gasteiger partial charge >= 0.3 is 5.97 Å². The SMILES string of the molecule is CCC(CC)(C(=O)OCc1ccccc1)[C@@H](CCC1(c2cc(F)cc(Cl)c2)OCCO1)N[S+]([O-])C(C)(C)C. The minimum atomic E-state index is -1.46. The lowest BCUT2D eigenvalue weighted by atomic mass is 9.73. The number of carbonyl (C=O) groups excluding carboxylic acids is 1. The molecule has 3 rings (SSSR count). The first kappa shape index (κ1) is 30.9. The largest absolute Gasteiger partial charge is 0.598 e. The van der Waals surface area contributed by atoms with Crippen molar-refractivity contribution in [2.75, 3.05) is 13.2 Å². The average Bonchev–Trinajstić information content (AvgIpc) is 3.36. The molecule has 9 heteroatoms. The molecule has 0 spiro atoms. The Kier molecular flexibility index (Phi) is 10.6. The number of hydrogen-bond acceptors (Lipinski definition) is 6. The minimum Gasteiger partial charge on any atom is -0.598 e. The molecule has 1 saturated heterocycles. The van der Waals surface area contributed by atoms with Gasteiger partial charge in [-0.2, -0.15) is 0 Å². The molecule has 210 valence electrons. The number of rotatable bonds is 12. The van der Waals surface area contributed by atoms with Crippen molar-refractivity contribution in [3.63, 3.8) is 0 Å². The molecule has 1 fully saturated rings. The van der Waals surface area contributed by atoms with Crippen molar-refractivity contribution in [2.24, 2.45) is 5.41 Å². The Balaban J connectivity index is 1.92. The van der Waals surface area contributed by atoms with E-state index in [4.69, 9.17) is 25.8 Å². The maximum atomic E-state index is 14.3. The van der Waals surface area contributed by atoms with E-state index in [0.717, 1.165) is 5.56 Å². The van der Waals surface area contributed by atoms with Crippen LogP contribution in [0.5, 0.6) is 0 Å². The zero-order valence-corrected chi connectivity index (χ0v) is 24.4. The zero-order chi connectivity index (χ0) is 28.0. The van der Waals surface area contributed by atoms with Crippen molar-refractivity contribution < 1.29 is 27.9 Å². The van der Waals surface area contributed by atoms with Crippen molar-refractivity contribution in [3.05, 3.63) is 70.5 Å². The van der Waals surface area contributed by atoms with Crippen LogP contribution >= 0.6 is 11.6 Å². The maximum Gasteiger partial charge on any atom is 0.314 e. The third-order valence-electron chi connectivity index (χ3n) is 7.17. The second kappa shape index (κ2) is 13.1. The molecule has 2 atom stereocenters. The number of hydrogen-bond donors (Lipinski definition) is 1. The quantitative estimate of drug-likeness (QED) is 0.235. The number of nitrogens with one attached hydrogen (secondary N) is 1. The molecule has 6 nitrogen and oxygen atoms in total. The van der Waals surface area contributed by atoms with Gasteiger partial charge in [-0.1, -0.05) is 55.8 Å². The van der Waals surface area contributed by atoms with Crippen molar-refractivity contribution in [2.45, 2.75) is 83.5 Å². The van der Waals surface area contributed by atoms with Crippen LogP contribution in [-0.4, -0.2) is 34.5 Å². The Hall–Kier alpha value is -1.68. The maximum absolute atomic E-state index is 14.3. The number of esters is 1. The van der Waals surface area contributed by atoms with E-state index in [1.807, 2.05) is 65.0 Å². The zero-order valence-electron chi connectivity index (χ0n) is 22.9. The molecule has 38 heavy (non-hydrogen) atoms. The summed E-state index contributed by atoms with van der Waals surface area (Å²) in [5.41, 5.74) is 0.398. The number of benzene rings is 2.